The molecule has 0 bridgehead atoms. The van der Waals surface area contributed by atoms with Crippen molar-refractivity contribution in [2.45, 2.75) is 51.7 Å². The molecule has 0 aliphatic carbocycles. The maximum absolute atomic E-state index is 13.1. The van der Waals surface area contributed by atoms with Crippen molar-refractivity contribution in [1.29, 1.82) is 0 Å². The van der Waals surface area contributed by atoms with Gasteiger partial charge in [-0.3, -0.25) is 4.79 Å². The first-order chi connectivity index (χ1) is 17.0. The average molecular weight is 539 g/mol. The highest BCUT2D eigenvalue weighted by atomic mass is 32.2. The topological polar surface area (TPSA) is 128 Å². The minimum absolute atomic E-state index is 0.0594. The highest BCUT2D eigenvalue weighted by Gasteiger charge is 2.32. The third-order valence-electron chi connectivity index (χ3n) is 5.45. The number of esters is 2. The lowest BCUT2D eigenvalue weighted by Crippen LogP contribution is -2.48. The van der Waals surface area contributed by atoms with Gasteiger partial charge in [0.05, 0.1) is 35.9 Å². The third kappa shape index (κ3) is 5.94. The average Bonchev–Trinajstić information content (AvgIpc) is 3.14. The Hall–Kier alpha value is -2.80. The molecule has 1 N–H and O–H groups in total. The number of thiophene rings is 1. The summed E-state index contributed by atoms with van der Waals surface area (Å²) in [5.74, 6) is -1.85. The fourth-order valence-electron chi connectivity index (χ4n) is 3.87. The second kappa shape index (κ2) is 11.5. The van der Waals surface area contributed by atoms with Crippen molar-refractivity contribution in [3.8, 4) is 0 Å². The Morgan fingerprint density at radius 2 is 1.58 bits per heavy atom. The zero-order chi connectivity index (χ0) is 26.6. The van der Waals surface area contributed by atoms with Crippen molar-refractivity contribution in [2.75, 3.05) is 31.6 Å². The van der Waals surface area contributed by atoms with Crippen molar-refractivity contribution in [2.24, 2.45) is 0 Å². The summed E-state index contributed by atoms with van der Waals surface area (Å²) >= 11 is 0.916. The van der Waals surface area contributed by atoms with E-state index in [1.807, 2.05) is 13.8 Å². The first-order valence-corrected chi connectivity index (χ1v) is 13.8. The van der Waals surface area contributed by atoms with Gasteiger partial charge in [-0.15, -0.1) is 11.3 Å². The molecule has 1 aliphatic rings. The number of benzene rings is 1. The van der Waals surface area contributed by atoms with Crippen LogP contribution in [0.4, 0.5) is 5.00 Å². The quantitative estimate of drug-likeness (QED) is 0.506. The van der Waals surface area contributed by atoms with Gasteiger partial charge >= 0.3 is 11.9 Å². The van der Waals surface area contributed by atoms with E-state index in [2.05, 4.69) is 5.32 Å². The number of nitrogens with one attached hydrogen (secondary N) is 1. The van der Waals surface area contributed by atoms with Crippen LogP contribution in [-0.4, -0.2) is 69.1 Å². The molecule has 1 aliphatic heterocycles. The first kappa shape index (κ1) is 27.8. The fourth-order valence-corrected chi connectivity index (χ4v) is 6.55. The number of amides is 1. The van der Waals surface area contributed by atoms with E-state index < -0.39 is 27.9 Å². The molecule has 3 rings (SSSR count). The number of nitrogens with zero attached hydrogens (tertiary/aromatic N) is 1. The van der Waals surface area contributed by atoms with Gasteiger partial charge in [0.2, 0.25) is 10.0 Å². The summed E-state index contributed by atoms with van der Waals surface area (Å²) in [6.07, 6.45) is -0.452. The van der Waals surface area contributed by atoms with E-state index in [0.29, 0.717) is 5.56 Å². The molecule has 12 heteroatoms. The lowest BCUT2D eigenvalue weighted by molar-refractivity contribution is -0.0440. The van der Waals surface area contributed by atoms with Gasteiger partial charge in [-0.1, -0.05) is 0 Å². The highest BCUT2D eigenvalue weighted by molar-refractivity contribution is 7.89. The fraction of sp³-hybridized carbons (Fsp3) is 0.458. The van der Waals surface area contributed by atoms with Crippen molar-refractivity contribution in [1.82, 2.24) is 4.31 Å². The van der Waals surface area contributed by atoms with Crippen LogP contribution in [0.5, 0.6) is 0 Å². The van der Waals surface area contributed by atoms with Crippen LogP contribution in [0.15, 0.2) is 29.2 Å². The molecule has 1 fully saturated rings. The second-order valence-electron chi connectivity index (χ2n) is 8.26. The lowest BCUT2D eigenvalue weighted by Gasteiger charge is -2.34. The number of carbonyl (C=O) groups excluding carboxylic acids is 3. The van der Waals surface area contributed by atoms with Gasteiger partial charge < -0.3 is 19.5 Å². The summed E-state index contributed by atoms with van der Waals surface area (Å²) in [6.45, 7) is 9.29. The third-order valence-corrected chi connectivity index (χ3v) is 8.49. The van der Waals surface area contributed by atoms with Crippen LogP contribution in [0.3, 0.4) is 0 Å². The van der Waals surface area contributed by atoms with E-state index in [1.165, 1.54) is 28.6 Å². The lowest BCUT2D eigenvalue weighted by atomic mass is 10.1. The summed E-state index contributed by atoms with van der Waals surface area (Å²) < 4.78 is 43.3. The Morgan fingerprint density at radius 1 is 1.03 bits per heavy atom. The normalized spacial score (nSPS) is 18.5. The van der Waals surface area contributed by atoms with Crippen LogP contribution in [0.25, 0.3) is 0 Å². The van der Waals surface area contributed by atoms with E-state index >= 15 is 0 Å². The van der Waals surface area contributed by atoms with E-state index in [9.17, 15) is 22.8 Å². The summed E-state index contributed by atoms with van der Waals surface area (Å²) in [5.41, 5.74) is 0.604. The molecule has 1 saturated heterocycles. The van der Waals surface area contributed by atoms with Crippen LogP contribution < -0.4 is 5.32 Å². The van der Waals surface area contributed by atoms with Gasteiger partial charge in [-0.25, -0.2) is 18.0 Å². The SMILES string of the molecule is CCOC(=O)c1sc(NC(=O)c2ccc(S(=O)(=O)N3CC(C)OC(C)C3)cc2)c(C(=O)OCC)c1C. The molecule has 2 aromatic rings. The van der Waals surface area contributed by atoms with Crippen LogP contribution >= 0.6 is 11.3 Å². The van der Waals surface area contributed by atoms with Gasteiger partial charge in [-0.05, 0) is 64.4 Å². The van der Waals surface area contributed by atoms with Crippen molar-refractivity contribution < 1.29 is 37.0 Å². The Kier molecular flexibility index (Phi) is 8.88. The largest absolute Gasteiger partial charge is 0.462 e. The highest BCUT2D eigenvalue weighted by Crippen LogP contribution is 2.35. The number of ether oxygens (including phenoxy) is 3. The number of rotatable bonds is 8. The molecule has 0 radical (unpaired) electrons. The first-order valence-electron chi connectivity index (χ1n) is 11.5. The van der Waals surface area contributed by atoms with Crippen molar-refractivity contribution in [3.63, 3.8) is 0 Å². The molecular formula is C24H30N2O8S2. The van der Waals surface area contributed by atoms with Gasteiger partial charge in [0, 0.05) is 18.7 Å². The molecule has 1 amide bonds. The molecular weight excluding hydrogens is 508 g/mol. The van der Waals surface area contributed by atoms with Crippen LogP contribution in [0.1, 0.15) is 63.6 Å². The minimum Gasteiger partial charge on any atom is -0.462 e. The van der Waals surface area contributed by atoms with Crippen LogP contribution in [0, 0.1) is 6.92 Å². The predicted octanol–water partition coefficient (Wildman–Crippen LogP) is 3.46. The molecule has 0 saturated carbocycles. The van der Waals surface area contributed by atoms with E-state index in [4.69, 9.17) is 14.2 Å². The molecule has 36 heavy (non-hydrogen) atoms. The number of hydrogen-bond donors (Lipinski definition) is 1. The number of anilines is 1. The molecule has 2 atom stereocenters. The van der Waals surface area contributed by atoms with Gasteiger partial charge in [0.15, 0.2) is 0 Å². The predicted molar refractivity (Wildman–Crippen MR) is 134 cm³/mol. The standard InChI is InChI=1S/C24H30N2O8S2/c1-6-32-23(28)19-16(5)20(24(29)33-7-2)35-22(19)25-21(27)17-8-10-18(11-9-17)36(30,31)26-12-14(3)34-15(4)13-26/h8-11,14-15H,6-7,12-13H2,1-5H3,(H,25,27). The summed E-state index contributed by atoms with van der Waals surface area (Å²) in [5, 5.41) is 2.80. The molecule has 10 nitrogen and oxygen atoms in total. The Labute approximate surface area is 214 Å². The maximum Gasteiger partial charge on any atom is 0.348 e. The zero-order valence-electron chi connectivity index (χ0n) is 20.8. The Balaban J connectivity index is 1.85. The number of sulfonamides is 1. The molecule has 1 aromatic carbocycles. The number of morpholine rings is 1. The van der Waals surface area contributed by atoms with Crippen molar-refractivity contribution in [3.05, 3.63) is 45.8 Å². The Morgan fingerprint density at radius 3 is 2.14 bits per heavy atom. The van der Waals surface area contributed by atoms with Crippen molar-refractivity contribution >= 4 is 44.2 Å². The van der Waals surface area contributed by atoms with Crippen LogP contribution in [-0.2, 0) is 24.2 Å². The van der Waals surface area contributed by atoms with E-state index in [-0.39, 0.29) is 64.4 Å². The monoisotopic (exact) mass is 538 g/mol. The summed E-state index contributed by atoms with van der Waals surface area (Å²) in [7, 11) is -3.76. The maximum atomic E-state index is 13.1. The summed E-state index contributed by atoms with van der Waals surface area (Å²) in [6, 6.07) is 5.52. The number of carbonyl (C=O) groups is 3. The molecule has 1 aromatic heterocycles. The van der Waals surface area contributed by atoms with Gasteiger partial charge in [0.1, 0.15) is 9.88 Å². The minimum atomic E-state index is -3.76. The van der Waals surface area contributed by atoms with Gasteiger partial charge in [0.25, 0.3) is 5.91 Å². The van der Waals surface area contributed by atoms with E-state index in [1.54, 1.807) is 20.8 Å². The van der Waals surface area contributed by atoms with Crippen LogP contribution in [0.2, 0.25) is 0 Å². The van der Waals surface area contributed by atoms with E-state index in [0.717, 1.165) is 11.3 Å². The molecule has 0 spiro atoms. The van der Waals surface area contributed by atoms with Gasteiger partial charge in [-0.2, -0.15) is 4.31 Å². The summed E-state index contributed by atoms with van der Waals surface area (Å²) in [4.78, 5) is 38.1. The molecule has 2 heterocycles. The zero-order valence-corrected chi connectivity index (χ0v) is 22.5. The second-order valence-corrected chi connectivity index (χ2v) is 11.2. The Bertz CT molecular complexity index is 1230. The number of hydrogen-bond acceptors (Lipinski definition) is 9. The smallest absolute Gasteiger partial charge is 0.348 e. The molecule has 2 unspecified atom stereocenters. The molecule has 196 valence electrons.